The average molecular weight is 740 g/mol. The molecule has 3 aliphatic rings. The highest BCUT2D eigenvalue weighted by molar-refractivity contribution is 6.32. The van der Waals surface area contributed by atoms with E-state index in [0.717, 1.165) is 47.8 Å². The number of hydrogen-bond donors (Lipinski definition) is 2. The smallest absolute Gasteiger partial charge is 0.234 e. The summed E-state index contributed by atoms with van der Waals surface area (Å²) in [6, 6.07) is 16.1. The van der Waals surface area contributed by atoms with E-state index in [4.69, 9.17) is 16.3 Å². The number of halogens is 2. The van der Waals surface area contributed by atoms with E-state index in [2.05, 4.69) is 47.0 Å². The molecule has 3 aromatic heterocycles. The van der Waals surface area contributed by atoms with Gasteiger partial charge in [0.15, 0.2) is 11.4 Å². The van der Waals surface area contributed by atoms with Gasteiger partial charge in [-0.25, -0.2) is 14.4 Å². The van der Waals surface area contributed by atoms with Crippen LogP contribution in [0.3, 0.4) is 0 Å². The normalized spacial score (nSPS) is 20.9. The van der Waals surface area contributed by atoms with Crippen LogP contribution < -0.4 is 19.9 Å². The molecular formula is C39H43ClFN9O3. The summed E-state index contributed by atoms with van der Waals surface area (Å²) in [4.78, 5) is 43.0. The van der Waals surface area contributed by atoms with Crippen molar-refractivity contribution in [1.82, 2.24) is 34.9 Å². The number of aromatic amines is 1. The van der Waals surface area contributed by atoms with E-state index >= 15 is 4.39 Å². The molecule has 276 valence electrons. The van der Waals surface area contributed by atoms with Crippen molar-refractivity contribution < 1.29 is 18.7 Å². The van der Waals surface area contributed by atoms with Gasteiger partial charge in [-0.2, -0.15) is 5.10 Å². The van der Waals surface area contributed by atoms with Crippen LogP contribution >= 0.6 is 11.6 Å². The Morgan fingerprint density at radius 2 is 1.72 bits per heavy atom. The number of ether oxygens (including phenoxy) is 1. The Hall–Kier alpha value is -5.01. The van der Waals surface area contributed by atoms with Crippen LogP contribution in [0, 0.1) is 6.92 Å². The Morgan fingerprint density at radius 3 is 2.40 bits per heavy atom. The Bertz CT molecular complexity index is 2140. The van der Waals surface area contributed by atoms with Gasteiger partial charge in [-0.1, -0.05) is 23.7 Å². The number of amides is 2. The fraction of sp³-hybridized carbons (Fsp3) is 0.410. The number of hydrogen-bond acceptors (Lipinski definition) is 9. The number of carbonyl (C=O) groups is 2. The van der Waals surface area contributed by atoms with E-state index in [1.54, 1.807) is 10.9 Å². The zero-order valence-corrected chi connectivity index (χ0v) is 30.9. The third-order valence-electron chi connectivity index (χ3n) is 10.9. The molecule has 2 aromatic carbocycles. The highest BCUT2D eigenvalue weighted by Crippen LogP contribution is 2.37. The lowest BCUT2D eigenvalue weighted by Gasteiger charge is -2.45. The van der Waals surface area contributed by atoms with E-state index in [9.17, 15) is 9.59 Å². The first-order valence-electron chi connectivity index (χ1n) is 18.2. The predicted octanol–water partition coefficient (Wildman–Crippen LogP) is 6.15. The maximum absolute atomic E-state index is 16.3. The summed E-state index contributed by atoms with van der Waals surface area (Å²) >= 11 is 6.57. The number of aromatic nitrogens is 5. The van der Waals surface area contributed by atoms with E-state index in [1.165, 1.54) is 0 Å². The lowest BCUT2D eigenvalue weighted by Crippen LogP contribution is -2.57. The maximum Gasteiger partial charge on any atom is 0.234 e. The number of piperidine rings is 2. The van der Waals surface area contributed by atoms with Crippen LogP contribution in [0.4, 0.5) is 15.8 Å². The van der Waals surface area contributed by atoms with Gasteiger partial charge in [0, 0.05) is 89.2 Å². The van der Waals surface area contributed by atoms with Gasteiger partial charge in [0.25, 0.3) is 0 Å². The lowest BCUT2D eigenvalue weighted by atomic mass is 9.89. The molecular weight excluding hydrogens is 697 g/mol. The molecule has 14 heteroatoms. The van der Waals surface area contributed by atoms with E-state index in [0.29, 0.717) is 78.8 Å². The Labute approximate surface area is 312 Å². The molecule has 6 heterocycles. The number of piperazine rings is 1. The standard InChI is InChI=1S/C39H43ClFN9O3/c1-24-21-49(28-8-10-29(11-9-28)53-35-32(40)20-42-37-34(35)44-36(45-37)31-22-47(3)46-25(31)2)18-19-50(24)23-39(41)14-16-48(17-15-39)27-6-4-26(5-7-27)30-12-13-33(51)43-38(30)52/h4-11,20,22,24,30H,12-19,21,23H2,1-3H3,(H,42,44,45)(H,43,51,52)/t24-,30-/m0/s1. The molecule has 8 rings (SSSR count). The molecule has 3 saturated heterocycles. The number of H-pyrrole nitrogens is 1. The summed E-state index contributed by atoms with van der Waals surface area (Å²) < 4.78 is 24.3. The van der Waals surface area contributed by atoms with Crippen molar-refractivity contribution in [2.24, 2.45) is 7.05 Å². The molecule has 12 nitrogen and oxygen atoms in total. The molecule has 2 atom stereocenters. The summed E-state index contributed by atoms with van der Waals surface area (Å²) in [6.07, 6.45) is 5.27. The average Bonchev–Trinajstić information content (AvgIpc) is 3.73. The maximum atomic E-state index is 16.3. The van der Waals surface area contributed by atoms with Crippen molar-refractivity contribution in [3.63, 3.8) is 0 Å². The third-order valence-corrected chi connectivity index (χ3v) is 11.2. The Kier molecular flexibility index (Phi) is 9.32. The molecule has 0 spiro atoms. The molecule has 0 radical (unpaired) electrons. The van der Waals surface area contributed by atoms with E-state index in [-0.39, 0.29) is 23.8 Å². The summed E-state index contributed by atoms with van der Waals surface area (Å²) in [6.45, 7) is 8.18. The summed E-state index contributed by atoms with van der Waals surface area (Å²) in [7, 11) is 1.87. The fourth-order valence-corrected chi connectivity index (χ4v) is 8.08. The van der Waals surface area contributed by atoms with Crippen LogP contribution in [-0.2, 0) is 16.6 Å². The molecule has 3 fully saturated rings. The van der Waals surface area contributed by atoms with Crippen molar-refractivity contribution in [2.75, 3.05) is 49.1 Å². The van der Waals surface area contributed by atoms with Gasteiger partial charge in [-0.05, 0) is 62.2 Å². The van der Waals surface area contributed by atoms with Crippen molar-refractivity contribution in [1.29, 1.82) is 0 Å². The van der Waals surface area contributed by atoms with E-state index < -0.39 is 5.67 Å². The van der Waals surface area contributed by atoms with Crippen LogP contribution in [0.2, 0.25) is 5.02 Å². The third kappa shape index (κ3) is 7.19. The zero-order chi connectivity index (χ0) is 36.9. The quantitative estimate of drug-likeness (QED) is 0.180. The minimum Gasteiger partial charge on any atom is -0.453 e. The number of fused-ring (bicyclic) bond motifs is 1. The molecule has 0 bridgehead atoms. The first-order chi connectivity index (χ1) is 25.5. The van der Waals surface area contributed by atoms with Crippen LogP contribution in [0.1, 0.15) is 49.8 Å². The highest BCUT2D eigenvalue weighted by atomic mass is 35.5. The highest BCUT2D eigenvalue weighted by Gasteiger charge is 2.39. The van der Waals surface area contributed by atoms with Crippen molar-refractivity contribution in [3.05, 3.63) is 77.2 Å². The van der Waals surface area contributed by atoms with Crippen LogP contribution in [0.15, 0.2) is 60.9 Å². The number of anilines is 2. The number of nitrogens with zero attached hydrogens (tertiary/aromatic N) is 7. The number of imidazole rings is 1. The number of alkyl halides is 1. The van der Waals surface area contributed by atoms with Crippen molar-refractivity contribution >= 4 is 46.0 Å². The zero-order valence-electron chi connectivity index (χ0n) is 30.1. The fourth-order valence-electron chi connectivity index (χ4n) is 7.90. The molecule has 2 N–H and O–H groups in total. The monoisotopic (exact) mass is 739 g/mol. The van der Waals surface area contributed by atoms with Gasteiger partial charge in [-0.3, -0.25) is 24.5 Å². The second kappa shape index (κ2) is 14.1. The van der Waals surface area contributed by atoms with Gasteiger partial charge in [0.1, 0.15) is 27.8 Å². The largest absolute Gasteiger partial charge is 0.453 e. The van der Waals surface area contributed by atoms with Gasteiger partial charge < -0.3 is 19.5 Å². The second-order valence-electron chi connectivity index (χ2n) is 14.6. The first-order valence-corrected chi connectivity index (χ1v) is 18.6. The second-order valence-corrected chi connectivity index (χ2v) is 15.0. The number of aryl methyl sites for hydroxylation is 2. The van der Waals surface area contributed by atoms with Crippen LogP contribution in [-0.4, -0.2) is 92.4 Å². The number of nitrogens with one attached hydrogen (secondary N) is 2. The first kappa shape index (κ1) is 35.0. The minimum absolute atomic E-state index is 0.187. The van der Waals surface area contributed by atoms with Crippen LogP contribution in [0.5, 0.6) is 11.5 Å². The summed E-state index contributed by atoms with van der Waals surface area (Å²) in [5.41, 5.74) is 4.63. The number of rotatable bonds is 8. The molecule has 2 amide bonds. The van der Waals surface area contributed by atoms with Gasteiger partial charge in [-0.15, -0.1) is 0 Å². The predicted molar refractivity (Wildman–Crippen MR) is 202 cm³/mol. The lowest BCUT2D eigenvalue weighted by molar-refractivity contribution is -0.134. The molecule has 5 aromatic rings. The Morgan fingerprint density at radius 1 is 1.00 bits per heavy atom. The number of carbonyl (C=O) groups excluding carboxylic acids is 2. The van der Waals surface area contributed by atoms with Crippen LogP contribution in [0.25, 0.3) is 22.6 Å². The molecule has 0 unspecified atom stereocenters. The van der Waals surface area contributed by atoms with Crippen molar-refractivity contribution in [3.8, 4) is 22.9 Å². The number of benzene rings is 2. The number of imide groups is 1. The summed E-state index contributed by atoms with van der Waals surface area (Å²) in [5.74, 6) is 0.994. The van der Waals surface area contributed by atoms with Gasteiger partial charge >= 0.3 is 0 Å². The minimum atomic E-state index is -1.25. The van der Waals surface area contributed by atoms with Gasteiger partial charge in [0.05, 0.1) is 23.4 Å². The summed E-state index contributed by atoms with van der Waals surface area (Å²) in [5, 5.41) is 7.23. The van der Waals surface area contributed by atoms with E-state index in [1.807, 2.05) is 68.7 Å². The molecule has 53 heavy (non-hydrogen) atoms. The molecule has 3 aliphatic heterocycles. The SMILES string of the molecule is Cc1nn(C)cc1-c1nc2ncc(Cl)c(Oc3ccc(N4CCN(CC5(F)CCN(c6ccc([C@@H]7CCC(=O)NC7=O)cc6)CC5)[C@@H](C)C4)cc3)c2[nH]1. The molecule has 0 saturated carbocycles. The van der Waals surface area contributed by atoms with Gasteiger partial charge in [0.2, 0.25) is 11.8 Å². The molecule has 0 aliphatic carbocycles. The van der Waals surface area contributed by atoms with Crippen molar-refractivity contribution in [2.45, 2.75) is 57.2 Å². The Balaban J connectivity index is 0.851. The topological polar surface area (TPSA) is 125 Å². The number of pyridine rings is 1.